The van der Waals surface area contributed by atoms with E-state index in [1.807, 2.05) is 4.90 Å². The molecule has 0 atom stereocenters. The SMILES string of the molecule is CC(C)N1CCN(C(=O)c2ccno2)CC1. The smallest absolute Gasteiger partial charge is 0.292 e. The Balaban J connectivity index is 1.92. The molecular formula is C11H17N3O2. The maximum atomic E-state index is 11.9. The summed E-state index contributed by atoms with van der Waals surface area (Å²) in [6.45, 7) is 7.73. The quantitative estimate of drug-likeness (QED) is 0.745. The van der Waals surface area contributed by atoms with Gasteiger partial charge in [0.15, 0.2) is 0 Å². The van der Waals surface area contributed by atoms with E-state index in [0.717, 1.165) is 26.2 Å². The van der Waals surface area contributed by atoms with E-state index in [9.17, 15) is 4.79 Å². The van der Waals surface area contributed by atoms with Crippen molar-refractivity contribution >= 4 is 5.91 Å². The second-order valence-electron chi connectivity index (χ2n) is 4.30. The molecule has 5 nitrogen and oxygen atoms in total. The van der Waals surface area contributed by atoms with Gasteiger partial charge < -0.3 is 9.42 Å². The van der Waals surface area contributed by atoms with Crippen LogP contribution in [-0.4, -0.2) is 53.1 Å². The molecule has 1 aromatic heterocycles. The van der Waals surface area contributed by atoms with Crippen molar-refractivity contribution in [3.63, 3.8) is 0 Å². The van der Waals surface area contributed by atoms with Gasteiger partial charge in [0, 0.05) is 38.3 Å². The monoisotopic (exact) mass is 223 g/mol. The summed E-state index contributed by atoms with van der Waals surface area (Å²) in [6, 6.07) is 2.15. The molecule has 0 saturated carbocycles. The molecule has 2 rings (SSSR count). The van der Waals surface area contributed by atoms with Crippen molar-refractivity contribution in [2.75, 3.05) is 26.2 Å². The summed E-state index contributed by atoms with van der Waals surface area (Å²) in [4.78, 5) is 16.1. The predicted molar refractivity (Wildman–Crippen MR) is 59.1 cm³/mol. The van der Waals surface area contributed by atoms with Gasteiger partial charge in [0.1, 0.15) is 0 Å². The zero-order chi connectivity index (χ0) is 11.5. The van der Waals surface area contributed by atoms with Crippen molar-refractivity contribution in [1.82, 2.24) is 15.0 Å². The van der Waals surface area contributed by atoms with Gasteiger partial charge in [-0.1, -0.05) is 5.16 Å². The molecule has 1 aliphatic rings. The van der Waals surface area contributed by atoms with E-state index in [1.165, 1.54) is 6.20 Å². The number of hydrogen-bond donors (Lipinski definition) is 0. The second-order valence-corrected chi connectivity index (χ2v) is 4.30. The topological polar surface area (TPSA) is 49.6 Å². The van der Waals surface area contributed by atoms with Crippen LogP contribution in [0, 0.1) is 0 Å². The lowest BCUT2D eigenvalue weighted by Gasteiger charge is -2.36. The number of rotatable bonds is 2. The lowest BCUT2D eigenvalue weighted by molar-refractivity contribution is 0.0557. The molecule has 5 heteroatoms. The summed E-state index contributed by atoms with van der Waals surface area (Å²) in [7, 11) is 0. The van der Waals surface area contributed by atoms with E-state index in [1.54, 1.807) is 6.07 Å². The highest BCUT2D eigenvalue weighted by Crippen LogP contribution is 2.09. The average molecular weight is 223 g/mol. The van der Waals surface area contributed by atoms with Crippen LogP contribution in [0.5, 0.6) is 0 Å². The Morgan fingerprint density at radius 2 is 2.06 bits per heavy atom. The maximum Gasteiger partial charge on any atom is 0.292 e. The zero-order valence-electron chi connectivity index (χ0n) is 9.72. The number of carbonyl (C=O) groups is 1. The van der Waals surface area contributed by atoms with Gasteiger partial charge in [-0.05, 0) is 13.8 Å². The molecule has 1 aromatic rings. The molecule has 2 heterocycles. The van der Waals surface area contributed by atoms with Gasteiger partial charge in [-0.25, -0.2) is 0 Å². The molecule has 0 spiro atoms. The first-order chi connectivity index (χ1) is 7.68. The van der Waals surface area contributed by atoms with E-state index < -0.39 is 0 Å². The molecule has 16 heavy (non-hydrogen) atoms. The minimum atomic E-state index is -0.0547. The molecule has 0 aromatic carbocycles. The number of amides is 1. The predicted octanol–water partition coefficient (Wildman–Crippen LogP) is 0.841. The largest absolute Gasteiger partial charge is 0.351 e. The Hall–Kier alpha value is -1.36. The summed E-state index contributed by atoms with van der Waals surface area (Å²) in [6.07, 6.45) is 1.50. The van der Waals surface area contributed by atoms with Crippen LogP contribution in [0.25, 0.3) is 0 Å². The van der Waals surface area contributed by atoms with Gasteiger partial charge in [-0.3, -0.25) is 9.69 Å². The fourth-order valence-electron chi connectivity index (χ4n) is 1.92. The van der Waals surface area contributed by atoms with E-state index in [2.05, 4.69) is 23.9 Å². The third-order valence-electron chi connectivity index (χ3n) is 2.98. The Morgan fingerprint density at radius 1 is 1.38 bits per heavy atom. The van der Waals surface area contributed by atoms with Crippen LogP contribution in [0.3, 0.4) is 0 Å². The second kappa shape index (κ2) is 4.65. The van der Waals surface area contributed by atoms with E-state index in [4.69, 9.17) is 4.52 Å². The van der Waals surface area contributed by atoms with Gasteiger partial charge in [-0.15, -0.1) is 0 Å². The molecule has 0 unspecified atom stereocenters. The molecule has 1 amide bonds. The van der Waals surface area contributed by atoms with E-state index in [-0.39, 0.29) is 5.91 Å². The third-order valence-corrected chi connectivity index (χ3v) is 2.98. The van der Waals surface area contributed by atoms with Gasteiger partial charge in [0.2, 0.25) is 5.76 Å². The number of carbonyl (C=O) groups excluding carboxylic acids is 1. The molecule has 0 bridgehead atoms. The molecule has 88 valence electrons. The van der Waals surface area contributed by atoms with Gasteiger partial charge in [0.05, 0.1) is 6.20 Å². The van der Waals surface area contributed by atoms with Crippen molar-refractivity contribution in [2.24, 2.45) is 0 Å². The van der Waals surface area contributed by atoms with Crippen molar-refractivity contribution in [3.05, 3.63) is 18.0 Å². The van der Waals surface area contributed by atoms with Gasteiger partial charge in [0.25, 0.3) is 5.91 Å². The fraction of sp³-hybridized carbons (Fsp3) is 0.636. The third kappa shape index (κ3) is 2.24. The average Bonchev–Trinajstić information content (AvgIpc) is 2.81. The summed E-state index contributed by atoms with van der Waals surface area (Å²) in [5.74, 6) is 0.277. The van der Waals surface area contributed by atoms with Crippen LogP contribution in [0.15, 0.2) is 16.8 Å². The first-order valence-corrected chi connectivity index (χ1v) is 5.62. The first kappa shape index (κ1) is 11.1. The number of nitrogens with zero attached hydrogens (tertiary/aromatic N) is 3. The molecule has 1 aliphatic heterocycles. The molecular weight excluding hydrogens is 206 g/mol. The fourth-order valence-corrected chi connectivity index (χ4v) is 1.92. The number of piperazine rings is 1. The van der Waals surface area contributed by atoms with Crippen molar-refractivity contribution in [3.8, 4) is 0 Å². The number of aromatic nitrogens is 1. The van der Waals surface area contributed by atoms with Crippen LogP contribution >= 0.6 is 0 Å². The summed E-state index contributed by atoms with van der Waals surface area (Å²) >= 11 is 0. The standard InChI is InChI=1S/C11H17N3O2/c1-9(2)13-5-7-14(8-6-13)11(15)10-3-4-12-16-10/h3-4,9H,5-8H2,1-2H3. The Morgan fingerprint density at radius 3 is 2.56 bits per heavy atom. The van der Waals surface area contributed by atoms with Crippen molar-refractivity contribution < 1.29 is 9.32 Å². The van der Waals surface area contributed by atoms with E-state index >= 15 is 0 Å². The van der Waals surface area contributed by atoms with Gasteiger partial charge in [-0.2, -0.15) is 0 Å². The molecule has 1 saturated heterocycles. The highest BCUT2D eigenvalue weighted by Gasteiger charge is 2.24. The highest BCUT2D eigenvalue weighted by molar-refractivity contribution is 5.91. The molecule has 1 fully saturated rings. The number of hydrogen-bond acceptors (Lipinski definition) is 4. The molecule has 0 aliphatic carbocycles. The summed E-state index contributed by atoms with van der Waals surface area (Å²) in [5, 5.41) is 3.55. The zero-order valence-corrected chi connectivity index (χ0v) is 9.72. The Bertz CT molecular complexity index is 340. The lowest BCUT2D eigenvalue weighted by Crippen LogP contribution is -2.50. The van der Waals surface area contributed by atoms with Crippen LogP contribution in [-0.2, 0) is 0 Å². The van der Waals surface area contributed by atoms with Crippen LogP contribution < -0.4 is 0 Å². The Kier molecular flexibility index (Phi) is 3.24. The summed E-state index contributed by atoms with van der Waals surface area (Å²) in [5.41, 5.74) is 0. The van der Waals surface area contributed by atoms with Crippen LogP contribution in [0.4, 0.5) is 0 Å². The first-order valence-electron chi connectivity index (χ1n) is 5.62. The highest BCUT2D eigenvalue weighted by atomic mass is 16.5. The Labute approximate surface area is 95.0 Å². The minimum absolute atomic E-state index is 0.0547. The minimum Gasteiger partial charge on any atom is -0.351 e. The normalized spacial score (nSPS) is 18.1. The van der Waals surface area contributed by atoms with Crippen LogP contribution in [0.2, 0.25) is 0 Å². The van der Waals surface area contributed by atoms with Gasteiger partial charge >= 0.3 is 0 Å². The van der Waals surface area contributed by atoms with Crippen molar-refractivity contribution in [1.29, 1.82) is 0 Å². The van der Waals surface area contributed by atoms with Crippen LogP contribution in [0.1, 0.15) is 24.4 Å². The summed E-state index contributed by atoms with van der Waals surface area (Å²) < 4.78 is 4.87. The lowest BCUT2D eigenvalue weighted by atomic mass is 10.2. The molecule has 0 N–H and O–H groups in total. The molecule has 0 radical (unpaired) electrons. The maximum absolute atomic E-state index is 11.9. The van der Waals surface area contributed by atoms with Crippen molar-refractivity contribution in [2.45, 2.75) is 19.9 Å². The van der Waals surface area contributed by atoms with E-state index in [0.29, 0.717) is 11.8 Å².